The Labute approximate surface area is 223 Å². The third-order valence-electron chi connectivity index (χ3n) is 8.58. The number of fused-ring (bicyclic) bond motifs is 2. The summed E-state index contributed by atoms with van der Waals surface area (Å²) in [5.41, 5.74) is 2.62. The van der Waals surface area contributed by atoms with Gasteiger partial charge in [-0.15, -0.1) is 0 Å². The lowest BCUT2D eigenvalue weighted by atomic mass is 9.83. The minimum atomic E-state index is -0.621. The van der Waals surface area contributed by atoms with Gasteiger partial charge in [0.1, 0.15) is 11.2 Å². The Morgan fingerprint density at radius 2 is 1.16 bits per heavy atom. The highest BCUT2D eigenvalue weighted by Crippen LogP contribution is 2.51. The Balaban J connectivity index is 1.58. The molecule has 2 bridgehead atoms. The summed E-state index contributed by atoms with van der Waals surface area (Å²) >= 11 is 0. The summed E-state index contributed by atoms with van der Waals surface area (Å²) in [4.78, 5) is 27.7. The van der Waals surface area contributed by atoms with Crippen LogP contribution in [-0.2, 0) is 19.1 Å². The lowest BCUT2D eigenvalue weighted by molar-refractivity contribution is -0.155. The van der Waals surface area contributed by atoms with Crippen LogP contribution in [0.2, 0.25) is 0 Å². The third-order valence-corrected chi connectivity index (χ3v) is 8.58. The second kappa shape index (κ2) is 12.0. The molecule has 0 heterocycles. The van der Waals surface area contributed by atoms with Gasteiger partial charge >= 0.3 is 11.9 Å². The molecule has 0 aromatic heterocycles. The molecule has 4 heteroatoms. The van der Waals surface area contributed by atoms with Crippen LogP contribution >= 0.6 is 0 Å². The molecule has 0 N–H and O–H groups in total. The zero-order valence-corrected chi connectivity index (χ0v) is 23.4. The third kappa shape index (κ3) is 6.04. The Kier molecular flexibility index (Phi) is 8.98. The topological polar surface area (TPSA) is 52.6 Å². The maximum absolute atomic E-state index is 13.8. The zero-order valence-electron chi connectivity index (χ0n) is 23.4. The SMILES string of the molecule is CCCC1=CC=CC(CCC)(OC(=O)C2=C(C(=O)OC3(CCC)C=CC=C(CCC)C3)C3CCC2C3)C1. The van der Waals surface area contributed by atoms with Gasteiger partial charge in [-0.1, -0.05) is 88.8 Å². The number of allylic oxidation sites excluding steroid dienone is 4. The second-order valence-corrected chi connectivity index (χ2v) is 11.7. The average molecular weight is 507 g/mol. The van der Waals surface area contributed by atoms with Crippen LogP contribution in [0.1, 0.15) is 111 Å². The van der Waals surface area contributed by atoms with Gasteiger partial charge in [0.15, 0.2) is 0 Å². The van der Waals surface area contributed by atoms with Crippen molar-refractivity contribution in [2.75, 3.05) is 0 Å². The fourth-order valence-electron chi connectivity index (χ4n) is 7.12. The van der Waals surface area contributed by atoms with Crippen LogP contribution in [0.3, 0.4) is 0 Å². The van der Waals surface area contributed by atoms with Gasteiger partial charge < -0.3 is 9.47 Å². The molecule has 0 aliphatic heterocycles. The standard InChI is InChI=1S/C33H46O4/c1-5-11-24-13-9-19-32(22-24,17-7-3)36-30(34)28-26-15-16-27(21-26)29(28)31(35)37-33(18-8-4)20-10-14-25(23-33)12-6-2/h9-10,13-14,19-20,26-27H,5-8,11-12,15-18,21-23H2,1-4H3. The van der Waals surface area contributed by atoms with Crippen molar-refractivity contribution in [1.82, 2.24) is 0 Å². The van der Waals surface area contributed by atoms with Crippen molar-refractivity contribution in [1.29, 1.82) is 0 Å². The Bertz CT molecular complexity index is 945. The molecule has 0 aromatic carbocycles. The molecule has 0 spiro atoms. The molecule has 4 atom stereocenters. The summed E-state index contributed by atoms with van der Waals surface area (Å²) in [6.45, 7) is 8.62. The second-order valence-electron chi connectivity index (χ2n) is 11.7. The monoisotopic (exact) mass is 506 g/mol. The summed E-state index contributed by atoms with van der Waals surface area (Å²) < 4.78 is 12.7. The summed E-state index contributed by atoms with van der Waals surface area (Å²) in [6.07, 6.45) is 24.4. The van der Waals surface area contributed by atoms with Crippen LogP contribution < -0.4 is 0 Å². The minimum Gasteiger partial charge on any atom is -0.451 e. The summed E-state index contributed by atoms with van der Waals surface area (Å²) in [6, 6.07) is 0. The van der Waals surface area contributed by atoms with E-state index in [-0.39, 0.29) is 23.8 Å². The first-order chi connectivity index (χ1) is 17.9. The predicted molar refractivity (Wildman–Crippen MR) is 149 cm³/mol. The van der Waals surface area contributed by atoms with Crippen molar-refractivity contribution < 1.29 is 19.1 Å². The van der Waals surface area contributed by atoms with Gasteiger partial charge in [0, 0.05) is 12.8 Å². The van der Waals surface area contributed by atoms with E-state index in [0.717, 1.165) is 83.5 Å². The van der Waals surface area contributed by atoms with Gasteiger partial charge in [-0.3, -0.25) is 0 Å². The van der Waals surface area contributed by atoms with Gasteiger partial charge in [0.2, 0.25) is 0 Å². The van der Waals surface area contributed by atoms with Crippen LogP contribution in [0.4, 0.5) is 0 Å². The van der Waals surface area contributed by atoms with E-state index >= 15 is 0 Å². The van der Waals surface area contributed by atoms with Crippen molar-refractivity contribution in [3.05, 3.63) is 58.7 Å². The average Bonchev–Trinajstić information content (AvgIpc) is 3.47. The molecule has 202 valence electrons. The van der Waals surface area contributed by atoms with Gasteiger partial charge in [-0.25, -0.2) is 9.59 Å². The lowest BCUT2D eigenvalue weighted by Crippen LogP contribution is -2.38. The van der Waals surface area contributed by atoms with E-state index in [1.807, 2.05) is 12.2 Å². The molecule has 4 aliphatic rings. The predicted octanol–water partition coefficient (Wildman–Crippen LogP) is 8.25. The van der Waals surface area contributed by atoms with E-state index in [1.165, 1.54) is 11.1 Å². The van der Waals surface area contributed by atoms with Crippen LogP contribution in [0.15, 0.2) is 58.7 Å². The number of carbonyl (C=O) groups is 2. The number of esters is 2. The van der Waals surface area contributed by atoms with Crippen molar-refractivity contribution in [2.24, 2.45) is 11.8 Å². The van der Waals surface area contributed by atoms with E-state index in [9.17, 15) is 9.59 Å². The van der Waals surface area contributed by atoms with Gasteiger partial charge in [0.25, 0.3) is 0 Å². The van der Waals surface area contributed by atoms with Crippen molar-refractivity contribution in [2.45, 2.75) is 122 Å². The van der Waals surface area contributed by atoms with Crippen molar-refractivity contribution in [3.63, 3.8) is 0 Å². The summed E-state index contributed by atoms with van der Waals surface area (Å²) in [5.74, 6) is -0.386. The Morgan fingerprint density at radius 1 is 0.730 bits per heavy atom. The molecule has 0 amide bonds. The largest absolute Gasteiger partial charge is 0.451 e. The van der Waals surface area contributed by atoms with E-state index in [2.05, 4.69) is 52.0 Å². The molecule has 4 aliphatic carbocycles. The maximum Gasteiger partial charge on any atom is 0.335 e. The summed E-state index contributed by atoms with van der Waals surface area (Å²) in [7, 11) is 0. The van der Waals surface area contributed by atoms with Crippen LogP contribution in [0.25, 0.3) is 0 Å². The molecule has 4 rings (SSSR count). The zero-order chi connectivity index (χ0) is 26.5. The first kappa shape index (κ1) is 27.7. The maximum atomic E-state index is 13.8. The molecular formula is C33H46O4. The minimum absolute atomic E-state index is 0.108. The first-order valence-corrected chi connectivity index (χ1v) is 14.8. The van der Waals surface area contributed by atoms with Gasteiger partial charge in [-0.05, 0) is 68.9 Å². The quantitative estimate of drug-likeness (QED) is 0.250. The van der Waals surface area contributed by atoms with Crippen molar-refractivity contribution >= 4 is 11.9 Å². The summed E-state index contributed by atoms with van der Waals surface area (Å²) in [5, 5.41) is 0. The molecule has 1 saturated carbocycles. The Hall–Kier alpha value is -2.36. The highest BCUT2D eigenvalue weighted by molar-refractivity contribution is 6.03. The lowest BCUT2D eigenvalue weighted by Gasteiger charge is -2.35. The normalized spacial score (nSPS) is 30.4. The fraction of sp³-hybridized carbons (Fsp3) is 0.636. The fourth-order valence-corrected chi connectivity index (χ4v) is 7.12. The highest BCUT2D eigenvalue weighted by Gasteiger charge is 2.49. The highest BCUT2D eigenvalue weighted by atomic mass is 16.6. The van der Waals surface area contributed by atoms with E-state index in [4.69, 9.17) is 9.47 Å². The first-order valence-electron chi connectivity index (χ1n) is 14.8. The van der Waals surface area contributed by atoms with E-state index in [1.54, 1.807) is 0 Å². The molecule has 4 unspecified atom stereocenters. The number of hydrogen-bond acceptors (Lipinski definition) is 4. The van der Waals surface area contributed by atoms with Crippen LogP contribution in [-0.4, -0.2) is 23.1 Å². The Morgan fingerprint density at radius 3 is 1.54 bits per heavy atom. The van der Waals surface area contributed by atoms with Gasteiger partial charge in [-0.2, -0.15) is 0 Å². The molecular weight excluding hydrogens is 460 g/mol. The number of carbonyl (C=O) groups excluding carboxylic acids is 2. The van der Waals surface area contributed by atoms with Crippen molar-refractivity contribution in [3.8, 4) is 0 Å². The molecule has 37 heavy (non-hydrogen) atoms. The molecule has 4 nitrogen and oxygen atoms in total. The van der Waals surface area contributed by atoms with E-state index < -0.39 is 11.2 Å². The number of ether oxygens (including phenoxy) is 2. The number of rotatable bonds is 12. The van der Waals surface area contributed by atoms with Gasteiger partial charge in [0.05, 0.1) is 11.1 Å². The molecule has 1 fully saturated rings. The van der Waals surface area contributed by atoms with Crippen LogP contribution in [0.5, 0.6) is 0 Å². The number of hydrogen-bond donors (Lipinski definition) is 0. The molecule has 0 saturated heterocycles. The van der Waals surface area contributed by atoms with E-state index in [0.29, 0.717) is 11.1 Å². The smallest absolute Gasteiger partial charge is 0.335 e. The molecule has 0 aromatic rings. The van der Waals surface area contributed by atoms with Crippen LogP contribution in [0, 0.1) is 11.8 Å². The molecule has 0 radical (unpaired) electrons.